The minimum Gasteiger partial charge on any atom is -0.214 e. The lowest BCUT2D eigenvalue weighted by Gasteiger charge is -2.26. The molecule has 2 nitrogen and oxygen atoms in total. The third-order valence-corrected chi connectivity index (χ3v) is 4.64. The van der Waals surface area contributed by atoms with Crippen LogP contribution < -0.4 is 0 Å². The number of rotatable bonds is 3. The van der Waals surface area contributed by atoms with Gasteiger partial charge in [-0.3, -0.25) is 0 Å². The average molecular weight is 280 g/mol. The first-order valence-electron chi connectivity index (χ1n) is 5.45. The van der Waals surface area contributed by atoms with Crippen LogP contribution in [0.15, 0.2) is 29.2 Å². The fourth-order valence-corrected chi connectivity index (χ4v) is 2.72. The lowest BCUT2D eigenvalue weighted by atomic mass is 9.82. The number of hydrogen-bond donors (Lipinski definition) is 0. The van der Waals surface area contributed by atoms with Gasteiger partial charge in [0.25, 0.3) is 9.84 Å². The summed E-state index contributed by atoms with van der Waals surface area (Å²) in [5, 5.41) is 0. The van der Waals surface area contributed by atoms with E-state index in [-0.39, 0.29) is 5.56 Å². The van der Waals surface area contributed by atoms with E-state index < -0.39 is 25.7 Å². The first-order valence-corrected chi connectivity index (χ1v) is 6.93. The molecule has 18 heavy (non-hydrogen) atoms. The fourth-order valence-electron chi connectivity index (χ4n) is 1.58. The SMILES string of the molecule is CCC(C)(C)c1ccccc1S(=O)(=O)C(F)(F)F. The number of halogens is 3. The van der Waals surface area contributed by atoms with Gasteiger partial charge in [-0.1, -0.05) is 39.0 Å². The van der Waals surface area contributed by atoms with Gasteiger partial charge >= 0.3 is 5.51 Å². The Labute approximate surface area is 105 Å². The van der Waals surface area contributed by atoms with Gasteiger partial charge in [0, 0.05) is 0 Å². The molecule has 1 aromatic carbocycles. The normalized spacial score (nSPS) is 13.7. The summed E-state index contributed by atoms with van der Waals surface area (Å²) in [5.74, 6) is 0. The minimum absolute atomic E-state index is 0.199. The molecule has 0 aliphatic carbocycles. The first kappa shape index (κ1) is 15.0. The molecule has 1 aromatic rings. The van der Waals surface area contributed by atoms with Crippen molar-refractivity contribution in [2.24, 2.45) is 0 Å². The monoisotopic (exact) mass is 280 g/mol. The highest BCUT2D eigenvalue weighted by Crippen LogP contribution is 2.37. The lowest BCUT2D eigenvalue weighted by molar-refractivity contribution is -0.0436. The zero-order chi connectivity index (χ0) is 14.2. The Kier molecular flexibility index (Phi) is 3.81. The molecule has 6 heteroatoms. The van der Waals surface area contributed by atoms with E-state index >= 15 is 0 Å². The summed E-state index contributed by atoms with van der Waals surface area (Å²) in [5.41, 5.74) is -5.70. The third-order valence-electron chi connectivity index (χ3n) is 3.09. The second kappa shape index (κ2) is 4.57. The van der Waals surface area contributed by atoms with Crippen LogP contribution in [0, 0.1) is 0 Å². The van der Waals surface area contributed by atoms with Crippen LogP contribution in [0.2, 0.25) is 0 Å². The minimum atomic E-state index is -5.30. The van der Waals surface area contributed by atoms with Gasteiger partial charge in [0.1, 0.15) is 0 Å². The van der Waals surface area contributed by atoms with E-state index in [0.717, 1.165) is 6.07 Å². The second-order valence-corrected chi connectivity index (χ2v) is 6.59. The van der Waals surface area contributed by atoms with E-state index in [2.05, 4.69) is 0 Å². The predicted molar refractivity (Wildman–Crippen MR) is 63.0 cm³/mol. The van der Waals surface area contributed by atoms with E-state index in [0.29, 0.717) is 6.42 Å². The molecule has 0 N–H and O–H groups in total. The van der Waals surface area contributed by atoms with Gasteiger partial charge < -0.3 is 0 Å². The molecule has 0 heterocycles. The Hall–Kier alpha value is -1.04. The largest absolute Gasteiger partial charge is 0.501 e. The van der Waals surface area contributed by atoms with E-state index in [1.165, 1.54) is 12.1 Å². The third kappa shape index (κ3) is 2.53. The van der Waals surface area contributed by atoms with Crippen molar-refractivity contribution in [1.29, 1.82) is 0 Å². The Balaban J connectivity index is 3.55. The molecule has 0 aliphatic rings. The number of hydrogen-bond acceptors (Lipinski definition) is 2. The molecular weight excluding hydrogens is 265 g/mol. The summed E-state index contributed by atoms with van der Waals surface area (Å²) in [6, 6.07) is 5.29. The average Bonchev–Trinajstić information content (AvgIpc) is 2.27. The van der Waals surface area contributed by atoms with E-state index in [1.807, 2.05) is 0 Å². The van der Waals surface area contributed by atoms with Crippen LogP contribution in [-0.4, -0.2) is 13.9 Å². The summed E-state index contributed by atoms with van der Waals surface area (Å²) >= 11 is 0. The highest BCUT2D eigenvalue weighted by Gasteiger charge is 2.48. The Morgan fingerprint density at radius 3 is 2.06 bits per heavy atom. The molecule has 0 atom stereocenters. The molecule has 0 amide bonds. The molecule has 0 aliphatic heterocycles. The summed E-state index contributed by atoms with van der Waals surface area (Å²) in [6.45, 7) is 5.24. The Morgan fingerprint density at radius 2 is 1.61 bits per heavy atom. The van der Waals surface area contributed by atoms with Crippen LogP contribution in [0.25, 0.3) is 0 Å². The molecule has 0 fully saturated rings. The highest BCUT2D eigenvalue weighted by atomic mass is 32.2. The summed E-state index contributed by atoms with van der Waals surface area (Å²) in [7, 11) is -5.30. The predicted octanol–water partition coefficient (Wildman–Crippen LogP) is 3.67. The molecule has 0 bridgehead atoms. The molecule has 0 aromatic heterocycles. The molecule has 0 saturated carbocycles. The van der Waals surface area contributed by atoms with Crippen molar-refractivity contribution < 1.29 is 21.6 Å². The number of benzene rings is 1. The maximum atomic E-state index is 12.6. The molecule has 0 radical (unpaired) electrons. The number of alkyl halides is 3. The summed E-state index contributed by atoms with van der Waals surface area (Å²) in [6.07, 6.45) is 0.539. The van der Waals surface area contributed by atoms with Crippen molar-refractivity contribution in [3.63, 3.8) is 0 Å². The molecule has 1 rings (SSSR count). The van der Waals surface area contributed by atoms with E-state index in [4.69, 9.17) is 0 Å². The van der Waals surface area contributed by atoms with E-state index in [9.17, 15) is 21.6 Å². The second-order valence-electron chi connectivity index (χ2n) is 4.68. The maximum absolute atomic E-state index is 12.6. The Morgan fingerprint density at radius 1 is 1.11 bits per heavy atom. The fraction of sp³-hybridized carbons (Fsp3) is 0.500. The molecule has 102 valence electrons. The van der Waals surface area contributed by atoms with Crippen molar-refractivity contribution in [2.75, 3.05) is 0 Å². The van der Waals surface area contributed by atoms with Crippen molar-refractivity contribution >= 4 is 9.84 Å². The van der Waals surface area contributed by atoms with Gasteiger partial charge in [0.05, 0.1) is 4.90 Å². The summed E-state index contributed by atoms with van der Waals surface area (Å²) < 4.78 is 60.8. The zero-order valence-corrected chi connectivity index (χ0v) is 11.2. The zero-order valence-electron chi connectivity index (χ0n) is 10.4. The maximum Gasteiger partial charge on any atom is 0.501 e. The quantitative estimate of drug-likeness (QED) is 0.846. The van der Waals surface area contributed by atoms with Gasteiger partial charge in [-0.2, -0.15) is 13.2 Å². The standard InChI is InChI=1S/C12H15F3O2S/c1-4-11(2,3)9-7-5-6-8-10(9)18(16,17)12(13,14)15/h5-8H,4H2,1-3H3. The number of sulfone groups is 1. The van der Waals surface area contributed by atoms with Gasteiger partial charge in [-0.15, -0.1) is 0 Å². The van der Waals surface area contributed by atoms with Gasteiger partial charge in [0.2, 0.25) is 0 Å². The van der Waals surface area contributed by atoms with Gasteiger partial charge in [0.15, 0.2) is 0 Å². The van der Waals surface area contributed by atoms with Crippen molar-refractivity contribution in [3.05, 3.63) is 29.8 Å². The van der Waals surface area contributed by atoms with Crippen LogP contribution in [0.3, 0.4) is 0 Å². The highest BCUT2D eigenvalue weighted by molar-refractivity contribution is 7.92. The lowest BCUT2D eigenvalue weighted by Crippen LogP contribution is -2.27. The van der Waals surface area contributed by atoms with Crippen LogP contribution in [0.5, 0.6) is 0 Å². The van der Waals surface area contributed by atoms with Crippen LogP contribution in [-0.2, 0) is 15.3 Å². The van der Waals surface area contributed by atoms with Crippen molar-refractivity contribution in [2.45, 2.75) is 43.0 Å². The van der Waals surface area contributed by atoms with Crippen molar-refractivity contribution in [3.8, 4) is 0 Å². The molecule has 0 unspecified atom stereocenters. The van der Waals surface area contributed by atoms with Crippen LogP contribution in [0.1, 0.15) is 32.8 Å². The topological polar surface area (TPSA) is 34.1 Å². The molecule has 0 spiro atoms. The smallest absolute Gasteiger partial charge is 0.214 e. The Bertz CT molecular complexity index is 530. The molecular formula is C12H15F3O2S. The van der Waals surface area contributed by atoms with E-state index in [1.54, 1.807) is 26.8 Å². The first-order chi connectivity index (χ1) is 8.04. The molecule has 0 saturated heterocycles. The van der Waals surface area contributed by atoms with Gasteiger partial charge in [-0.25, -0.2) is 8.42 Å². The van der Waals surface area contributed by atoms with Crippen LogP contribution in [0.4, 0.5) is 13.2 Å². The van der Waals surface area contributed by atoms with Gasteiger partial charge in [-0.05, 0) is 23.5 Å². The van der Waals surface area contributed by atoms with Crippen LogP contribution >= 0.6 is 0 Å². The van der Waals surface area contributed by atoms with Crippen molar-refractivity contribution in [1.82, 2.24) is 0 Å². The summed E-state index contributed by atoms with van der Waals surface area (Å²) in [4.78, 5) is -0.649.